The van der Waals surface area contributed by atoms with E-state index in [4.69, 9.17) is 0 Å². The van der Waals surface area contributed by atoms with Gasteiger partial charge in [-0.15, -0.1) is 0 Å². The van der Waals surface area contributed by atoms with Gasteiger partial charge in [0.1, 0.15) is 0 Å². The number of ether oxygens (including phenoxy) is 1. The molecule has 1 aliphatic rings. The van der Waals surface area contributed by atoms with Crippen LogP contribution in [0.2, 0.25) is 0 Å². The number of carbonyl (C=O) groups excluding carboxylic acids is 1. The maximum absolute atomic E-state index is 10.8. The Morgan fingerprint density at radius 3 is 2.73 bits per heavy atom. The molecule has 0 bridgehead atoms. The molecule has 0 amide bonds. The van der Waals surface area contributed by atoms with Crippen LogP contribution in [-0.4, -0.2) is 24.6 Å². The third-order valence-corrected chi connectivity index (χ3v) is 2.64. The highest BCUT2D eigenvalue weighted by Gasteiger charge is 2.06. The first-order valence-electron chi connectivity index (χ1n) is 3.68. The lowest BCUT2D eigenvalue weighted by atomic mass is 10.1. The minimum Gasteiger partial charge on any atom is -0.466 e. The predicted molar refractivity (Wildman–Crippen MR) is 46.7 cm³/mol. The van der Waals surface area contributed by atoms with Crippen LogP contribution in [0.25, 0.3) is 0 Å². The minimum absolute atomic E-state index is 0.216. The molecule has 11 heavy (non-hydrogen) atoms. The molecule has 0 N–H and O–H groups in total. The van der Waals surface area contributed by atoms with E-state index in [1.54, 1.807) is 6.08 Å². The summed E-state index contributed by atoms with van der Waals surface area (Å²) in [5.41, 5.74) is 1.23. The Morgan fingerprint density at radius 2 is 2.18 bits per heavy atom. The Bertz CT molecular complexity index is 167. The smallest absolute Gasteiger partial charge is 0.330 e. The fraction of sp³-hybridized carbons (Fsp3) is 0.625. The molecule has 1 heterocycles. The van der Waals surface area contributed by atoms with Gasteiger partial charge in [-0.1, -0.05) is 5.57 Å². The van der Waals surface area contributed by atoms with E-state index in [2.05, 4.69) is 4.74 Å². The number of rotatable bonds is 1. The molecule has 0 aromatic heterocycles. The van der Waals surface area contributed by atoms with Gasteiger partial charge in [-0.3, -0.25) is 0 Å². The van der Waals surface area contributed by atoms with Crippen molar-refractivity contribution in [3.8, 4) is 0 Å². The zero-order chi connectivity index (χ0) is 8.10. The molecule has 62 valence electrons. The number of carbonyl (C=O) groups is 1. The summed E-state index contributed by atoms with van der Waals surface area (Å²) in [7, 11) is 1.41. The quantitative estimate of drug-likeness (QED) is 0.444. The Morgan fingerprint density at radius 1 is 1.55 bits per heavy atom. The molecule has 0 aliphatic carbocycles. The molecular weight excluding hydrogens is 160 g/mol. The van der Waals surface area contributed by atoms with Crippen molar-refractivity contribution < 1.29 is 9.53 Å². The lowest BCUT2D eigenvalue weighted by molar-refractivity contribution is -0.134. The topological polar surface area (TPSA) is 26.3 Å². The van der Waals surface area contributed by atoms with Crippen molar-refractivity contribution in [1.82, 2.24) is 0 Å². The number of thioether (sulfide) groups is 1. The van der Waals surface area contributed by atoms with Crippen LogP contribution in [-0.2, 0) is 9.53 Å². The summed E-state index contributed by atoms with van der Waals surface area (Å²) >= 11 is 1.94. The van der Waals surface area contributed by atoms with Gasteiger partial charge in [0.2, 0.25) is 0 Å². The van der Waals surface area contributed by atoms with Gasteiger partial charge < -0.3 is 4.74 Å². The van der Waals surface area contributed by atoms with E-state index in [9.17, 15) is 4.79 Å². The second-order valence-electron chi connectivity index (χ2n) is 2.44. The zero-order valence-electron chi connectivity index (χ0n) is 6.63. The average molecular weight is 172 g/mol. The second-order valence-corrected chi connectivity index (χ2v) is 3.66. The van der Waals surface area contributed by atoms with Crippen molar-refractivity contribution in [3.63, 3.8) is 0 Å². The fourth-order valence-corrected chi connectivity index (χ4v) is 2.02. The normalized spacial score (nSPS) is 17.7. The highest BCUT2D eigenvalue weighted by atomic mass is 32.2. The summed E-state index contributed by atoms with van der Waals surface area (Å²) in [5, 5.41) is 0. The standard InChI is InChI=1S/C8H12O2S/c1-10-8(9)6-7-2-4-11-5-3-7/h6H,2-5H2,1H3. The van der Waals surface area contributed by atoms with Crippen molar-refractivity contribution in [3.05, 3.63) is 11.6 Å². The summed E-state index contributed by atoms with van der Waals surface area (Å²) in [5.74, 6) is 2.07. The third-order valence-electron chi connectivity index (χ3n) is 1.66. The monoisotopic (exact) mass is 172 g/mol. The molecule has 0 unspecified atom stereocenters. The van der Waals surface area contributed by atoms with E-state index in [0.29, 0.717) is 0 Å². The van der Waals surface area contributed by atoms with Crippen molar-refractivity contribution in [1.29, 1.82) is 0 Å². The molecule has 1 fully saturated rings. The number of hydrogen-bond donors (Lipinski definition) is 0. The van der Waals surface area contributed by atoms with E-state index in [1.807, 2.05) is 11.8 Å². The molecule has 0 radical (unpaired) electrons. The number of esters is 1. The summed E-state index contributed by atoms with van der Waals surface area (Å²) in [6, 6.07) is 0. The van der Waals surface area contributed by atoms with Gasteiger partial charge in [-0.2, -0.15) is 11.8 Å². The fourth-order valence-electron chi connectivity index (χ4n) is 1.00. The van der Waals surface area contributed by atoms with Gasteiger partial charge in [0.25, 0.3) is 0 Å². The number of hydrogen-bond acceptors (Lipinski definition) is 3. The molecule has 0 saturated carbocycles. The Labute approximate surface area is 71.0 Å². The van der Waals surface area contributed by atoms with Gasteiger partial charge in [0.05, 0.1) is 7.11 Å². The highest BCUT2D eigenvalue weighted by Crippen LogP contribution is 2.21. The maximum atomic E-state index is 10.8. The average Bonchev–Trinajstić information content (AvgIpc) is 2.06. The molecule has 0 spiro atoms. The molecule has 0 aromatic carbocycles. The van der Waals surface area contributed by atoms with E-state index < -0.39 is 0 Å². The van der Waals surface area contributed by atoms with Crippen LogP contribution in [0.15, 0.2) is 11.6 Å². The lowest BCUT2D eigenvalue weighted by Crippen LogP contribution is -2.02. The summed E-state index contributed by atoms with van der Waals surface area (Å²) < 4.78 is 4.53. The largest absolute Gasteiger partial charge is 0.466 e. The summed E-state index contributed by atoms with van der Waals surface area (Å²) in [4.78, 5) is 10.8. The van der Waals surface area contributed by atoms with Gasteiger partial charge in [0.15, 0.2) is 0 Å². The molecule has 3 heteroatoms. The minimum atomic E-state index is -0.216. The first kappa shape index (κ1) is 8.65. The van der Waals surface area contributed by atoms with Gasteiger partial charge in [0, 0.05) is 6.08 Å². The van der Waals surface area contributed by atoms with Crippen molar-refractivity contribution in [2.24, 2.45) is 0 Å². The van der Waals surface area contributed by atoms with Gasteiger partial charge >= 0.3 is 5.97 Å². The van der Waals surface area contributed by atoms with Crippen molar-refractivity contribution in [2.75, 3.05) is 18.6 Å². The van der Waals surface area contributed by atoms with Gasteiger partial charge in [-0.05, 0) is 24.3 Å². The molecule has 1 aliphatic heterocycles. The maximum Gasteiger partial charge on any atom is 0.330 e. The van der Waals surface area contributed by atoms with Crippen LogP contribution < -0.4 is 0 Å². The SMILES string of the molecule is COC(=O)C=C1CCSCC1. The first-order valence-corrected chi connectivity index (χ1v) is 4.83. The summed E-state index contributed by atoms with van der Waals surface area (Å²) in [6.07, 6.45) is 3.71. The predicted octanol–water partition coefficient (Wildman–Crippen LogP) is 1.61. The molecular formula is C8H12O2S. The first-order chi connectivity index (χ1) is 5.33. The zero-order valence-corrected chi connectivity index (χ0v) is 7.45. The number of methoxy groups -OCH3 is 1. The van der Waals surface area contributed by atoms with E-state index in [0.717, 1.165) is 24.3 Å². The van der Waals surface area contributed by atoms with E-state index >= 15 is 0 Å². The molecule has 0 aromatic rings. The molecule has 2 nitrogen and oxygen atoms in total. The van der Waals surface area contributed by atoms with Crippen LogP contribution in [0.3, 0.4) is 0 Å². The Kier molecular flexibility index (Phi) is 3.49. The second kappa shape index (κ2) is 4.44. The van der Waals surface area contributed by atoms with Crippen LogP contribution >= 0.6 is 11.8 Å². The molecule has 0 atom stereocenters. The Hall–Kier alpha value is -0.440. The number of allylic oxidation sites excluding steroid dienone is 1. The van der Waals surface area contributed by atoms with Crippen molar-refractivity contribution >= 4 is 17.7 Å². The Balaban J connectivity index is 2.43. The van der Waals surface area contributed by atoms with E-state index in [-0.39, 0.29) is 5.97 Å². The van der Waals surface area contributed by atoms with Crippen LogP contribution in [0.5, 0.6) is 0 Å². The molecule has 1 saturated heterocycles. The highest BCUT2D eigenvalue weighted by molar-refractivity contribution is 7.99. The third kappa shape index (κ3) is 2.97. The molecule has 1 rings (SSSR count). The lowest BCUT2D eigenvalue weighted by Gasteiger charge is -2.12. The van der Waals surface area contributed by atoms with Crippen LogP contribution in [0, 0.1) is 0 Å². The van der Waals surface area contributed by atoms with Crippen molar-refractivity contribution in [2.45, 2.75) is 12.8 Å². The summed E-state index contributed by atoms with van der Waals surface area (Å²) in [6.45, 7) is 0. The van der Waals surface area contributed by atoms with Crippen LogP contribution in [0.1, 0.15) is 12.8 Å². The van der Waals surface area contributed by atoms with E-state index in [1.165, 1.54) is 12.7 Å². The van der Waals surface area contributed by atoms with Gasteiger partial charge in [-0.25, -0.2) is 4.79 Å². The van der Waals surface area contributed by atoms with Crippen LogP contribution in [0.4, 0.5) is 0 Å².